The second-order valence-corrected chi connectivity index (χ2v) is 3.67. The van der Waals surface area contributed by atoms with Crippen LogP contribution in [0.25, 0.3) is 0 Å². The van der Waals surface area contributed by atoms with Gasteiger partial charge in [0.1, 0.15) is 0 Å². The van der Waals surface area contributed by atoms with Crippen molar-refractivity contribution in [2.75, 3.05) is 5.32 Å². The third-order valence-corrected chi connectivity index (χ3v) is 2.35. The van der Waals surface area contributed by atoms with Crippen molar-refractivity contribution in [2.45, 2.75) is 6.92 Å². The molecule has 1 N–H and O–H groups in total. The normalized spacial score (nSPS) is 10.1. The van der Waals surface area contributed by atoms with Gasteiger partial charge in [-0.05, 0) is 18.6 Å². The van der Waals surface area contributed by atoms with Crippen molar-refractivity contribution in [2.24, 2.45) is 7.05 Å². The van der Waals surface area contributed by atoms with E-state index in [0.717, 1.165) is 5.56 Å². The predicted molar refractivity (Wildman–Crippen MR) is 62.3 cm³/mol. The van der Waals surface area contributed by atoms with E-state index in [9.17, 15) is 4.79 Å². The zero-order valence-electron chi connectivity index (χ0n) is 9.27. The van der Waals surface area contributed by atoms with E-state index in [1.807, 2.05) is 32.2 Å². The Morgan fingerprint density at radius 3 is 2.75 bits per heavy atom. The molecule has 4 nitrogen and oxygen atoms in total. The predicted octanol–water partition coefficient (Wildman–Crippen LogP) is 1.98. The van der Waals surface area contributed by atoms with Crippen LogP contribution >= 0.6 is 0 Å². The highest BCUT2D eigenvalue weighted by atomic mass is 16.1. The first-order valence-corrected chi connectivity index (χ1v) is 5.02. The number of carbonyl (C=O) groups is 1. The average Bonchev–Trinajstić information content (AvgIpc) is 2.64. The van der Waals surface area contributed by atoms with Crippen LogP contribution in [0.2, 0.25) is 0 Å². The molecule has 1 heterocycles. The van der Waals surface area contributed by atoms with Crippen LogP contribution in [-0.2, 0) is 7.05 Å². The summed E-state index contributed by atoms with van der Waals surface area (Å²) in [5, 5.41) is 6.79. The Kier molecular flexibility index (Phi) is 2.72. The van der Waals surface area contributed by atoms with E-state index in [1.165, 1.54) is 0 Å². The first-order valence-electron chi connectivity index (χ1n) is 5.02. The van der Waals surface area contributed by atoms with E-state index in [4.69, 9.17) is 0 Å². The Bertz CT molecular complexity index is 516. The summed E-state index contributed by atoms with van der Waals surface area (Å²) in [4.78, 5) is 11.9. The van der Waals surface area contributed by atoms with Crippen LogP contribution in [0.15, 0.2) is 36.7 Å². The van der Waals surface area contributed by atoms with Crippen LogP contribution in [0.4, 0.5) is 5.69 Å². The Hall–Kier alpha value is -2.10. The summed E-state index contributed by atoms with van der Waals surface area (Å²) in [6, 6.07) is 7.49. The van der Waals surface area contributed by atoms with Gasteiger partial charge in [0, 0.05) is 18.8 Å². The summed E-state index contributed by atoms with van der Waals surface area (Å²) in [6.45, 7) is 1.91. The molecule has 0 radical (unpaired) electrons. The average molecular weight is 215 g/mol. The van der Waals surface area contributed by atoms with Crippen molar-refractivity contribution in [1.82, 2.24) is 9.78 Å². The highest BCUT2D eigenvalue weighted by Crippen LogP contribution is 2.11. The molecule has 4 heteroatoms. The first kappa shape index (κ1) is 10.4. The number of rotatable bonds is 2. The summed E-state index contributed by atoms with van der Waals surface area (Å²) < 4.78 is 1.65. The van der Waals surface area contributed by atoms with Crippen LogP contribution in [0.3, 0.4) is 0 Å². The number of nitrogens with one attached hydrogen (secondary N) is 1. The summed E-state index contributed by atoms with van der Waals surface area (Å²) in [5.41, 5.74) is 2.35. The maximum atomic E-state index is 11.9. The van der Waals surface area contributed by atoms with E-state index < -0.39 is 0 Å². The van der Waals surface area contributed by atoms with Gasteiger partial charge in [-0.2, -0.15) is 5.10 Å². The highest BCUT2D eigenvalue weighted by molar-refractivity contribution is 6.05. The van der Waals surface area contributed by atoms with Crippen molar-refractivity contribution in [1.29, 1.82) is 0 Å². The molecule has 0 atom stereocenters. The van der Waals surface area contributed by atoms with E-state index in [1.54, 1.807) is 23.1 Å². The van der Waals surface area contributed by atoms with Gasteiger partial charge in [0.15, 0.2) is 0 Å². The van der Waals surface area contributed by atoms with Crippen molar-refractivity contribution in [3.63, 3.8) is 0 Å². The van der Waals surface area contributed by atoms with Gasteiger partial charge in [0.2, 0.25) is 0 Å². The molecule has 2 aromatic rings. The molecular weight excluding hydrogens is 202 g/mol. The molecule has 82 valence electrons. The first-order chi connectivity index (χ1) is 7.66. The molecule has 1 aromatic heterocycles. The maximum absolute atomic E-state index is 11.9. The minimum absolute atomic E-state index is 0.105. The number of aromatic nitrogens is 2. The van der Waals surface area contributed by atoms with Crippen molar-refractivity contribution in [3.8, 4) is 0 Å². The minimum Gasteiger partial charge on any atom is -0.319 e. The number of hydrogen-bond acceptors (Lipinski definition) is 2. The number of benzene rings is 1. The van der Waals surface area contributed by atoms with E-state index in [0.29, 0.717) is 11.3 Å². The Morgan fingerprint density at radius 2 is 2.12 bits per heavy atom. The standard InChI is InChI=1S/C12H13N3O/c1-9-5-3-4-6-11(9)12(16)14-10-7-13-15(2)8-10/h3-8H,1-2H3,(H,14,16). The molecular formula is C12H13N3O. The van der Waals surface area contributed by atoms with Gasteiger partial charge in [0.25, 0.3) is 5.91 Å². The van der Waals surface area contributed by atoms with Gasteiger partial charge in [0.05, 0.1) is 11.9 Å². The number of nitrogens with zero attached hydrogens (tertiary/aromatic N) is 2. The van der Waals surface area contributed by atoms with E-state index >= 15 is 0 Å². The molecule has 0 unspecified atom stereocenters. The van der Waals surface area contributed by atoms with Crippen LogP contribution < -0.4 is 5.32 Å². The number of amides is 1. The molecule has 0 saturated carbocycles. The monoisotopic (exact) mass is 215 g/mol. The van der Waals surface area contributed by atoms with Gasteiger partial charge in [-0.15, -0.1) is 0 Å². The number of anilines is 1. The third kappa shape index (κ3) is 2.11. The van der Waals surface area contributed by atoms with Crippen LogP contribution in [0, 0.1) is 6.92 Å². The smallest absolute Gasteiger partial charge is 0.256 e. The lowest BCUT2D eigenvalue weighted by atomic mass is 10.1. The zero-order valence-corrected chi connectivity index (χ0v) is 9.27. The molecule has 0 saturated heterocycles. The lowest BCUT2D eigenvalue weighted by Crippen LogP contribution is -2.12. The topological polar surface area (TPSA) is 46.9 Å². The molecule has 0 aliphatic rings. The lowest BCUT2D eigenvalue weighted by Gasteiger charge is -2.04. The van der Waals surface area contributed by atoms with Crippen LogP contribution in [-0.4, -0.2) is 15.7 Å². The van der Waals surface area contributed by atoms with Gasteiger partial charge < -0.3 is 5.32 Å². The van der Waals surface area contributed by atoms with Gasteiger partial charge in [-0.25, -0.2) is 0 Å². The van der Waals surface area contributed by atoms with E-state index in [-0.39, 0.29) is 5.91 Å². The second-order valence-electron chi connectivity index (χ2n) is 3.67. The Labute approximate surface area is 93.9 Å². The molecule has 1 amide bonds. The number of carbonyl (C=O) groups excluding carboxylic acids is 1. The lowest BCUT2D eigenvalue weighted by molar-refractivity contribution is 0.102. The maximum Gasteiger partial charge on any atom is 0.256 e. The van der Waals surface area contributed by atoms with Gasteiger partial charge >= 0.3 is 0 Å². The minimum atomic E-state index is -0.105. The molecule has 0 fully saturated rings. The zero-order chi connectivity index (χ0) is 11.5. The number of hydrogen-bond donors (Lipinski definition) is 1. The molecule has 0 aliphatic carbocycles. The Morgan fingerprint density at radius 1 is 1.38 bits per heavy atom. The Balaban J connectivity index is 2.18. The summed E-state index contributed by atoms with van der Waals surface area (Å²) in [6.07, 6.45) is 3.38. The van der Waals surface area contributed by atoms with E-state index in [2.05, 4.69) is 10.4 Å². The SMILES string of the molecule is Cc1ccccc1C(=O)Nc1cnn(C)c1. The molecule has 0 aliphatic heterocycles. The number of aryl methyl sites for hydroxylation is 2. The van der Waals surface area contributed by atoms with Crippen LogP contribution in [0.5, 0.6) is 0 Å². The second kappa shape index (κ2) is 4.18. The molecule has 0 bridgehead atoms. The summed E-state index contributed by atoms with van der Waals surface area (Å²) >= 11 is 0. The van der Waals surface area contributed by atoms with Crippen molar-refractivity contribution >= 4 is 11.6 Å². The molecule has 1 aromatic carbocycles. The van der Waals surface area contributed by atoms with Crippen molar-refractivity contribution in [3.05, 3.63) is 47.8 Å². The third-order valence-electron chi connectivity index (χ3n) is 2.35. The quantitative estimate of drug-likeness (QED) is 0.832. The van der Waals surface area contributed by atoms with Crippen LogP contribution in [0.1, 0.15) is 15.9 Å². The van der Waals surface area contributed by atoms with Gasteiger partial charge in [-0.3, -0.25) is 9.48 Å². The van der Waals surface area contributed by atoms with Crippen molar-refractivity contribution < 1.29 is 4.79 Å². The molecule has 0 spiro atoms. The molecule has 2 rings (SSSR count). The summed E-state index contributed by atoms with van der Waals surface area (Å²) in [7, 11) is 1.81. The fraction of sp³-hybridized carbons (Fsp3) is 0.167. The summed E-state index contributed by atoms with van der Waals surface area (Å²) in [5.74, 6) is -0.105. The largest absolute Gasteiger partial charge is 0.319 e. The molecule has 16 heavy (non-hydrogen) atoms. The fourth-order valence-corrected chi connectivity index (χ4v) is 1.51. The van der Waals surface area contributed by atoms with Gasteiger partial charge in [-0.1, -0.05) is 18.2 Å². The fourth-order valence-electron chi connectivity index (χ4n) is 1.51. The highest BCUT2D eigenvalue weighted by Gasteiger charge is 2.08.